The molecule has 1 atom stereocenters. The molecule has 11 heteroatoms. The second-order valence-electron chi connectivity index (χ2n) is 8.22. The van der Waals surface area contributed by atoms with Crippen molar-refractivity contribution >= 4 is 50.7 Å². The summed E-state index contributed by atoms with van der Waals surface area (Å²) in [6.45, 7) is 4.42. The van der Waals surface area contributed by atoms with Crippen LogP contribution in [0.25, 0.3) is 0 Å². The number of hydrogen-bond acceptors (Lipinski definition) is 5. The van der Waals surface area contributed by atoms with Crippen LogP contribution in [0.4, 0.5) is 5.69 Å². The predicted molar refractivity (Wildman–Crippen MR) is 144 cm³/mol. The number of nitrogens with one attached hydrogen (secondary N) is 1. The molecule has 0 saturated carbocycles. The number of sulfonamides is 1. The van der Waals surface area contributed by atoms with Gasteiger partial charge in [0.25, 0.3) is 0 Å². The normalized spacial score (nSPS) is 12.1. The Balaban J connectivity index is 2.21. The van der Waals surface area contributed by atoms with E-state index in [9.17, 15) is 18.0 Å². The van der Waals surface area contributed by atoms with E-state index >= 15 is 0 Å². The highest BCUT2D eigenvalue weighted by Crippen LogP contribution is 2.30. The van der Waals surface area contributed by atoms with Crippen LogP contribution < -0.4 is 14.4 Å². The summed E-state index contributed by atoms with van der Waals surface area (Å²) >= 11 is 12.2. The van der Waals surface area contributed by atoms with E-state index in [0.717, 1.165) is 11.8 Å². The highest BCUT2D eigenvalue weighted by atomic mass is 35.5. The van der Waals surface area contributed by atoms with Crippen molar-refractivity contribution in [3.05, 3.63) is 58.1 Å². The van der Waals surface area contributed by atoms with Crippen LogP contribution in [0.2, 0.25) is 10.0 Å². The minimum absolute atomic E-state index is 0.0550. The molecule has 0 bridgehead atoms. The topological polar surface area (TPSA) is 96.0 Å². The second kappa shape index (κ2) is 13.7. The number of carbonyl (C=O) groups is 2. The lowest BCUT2D eigenvalue weighted by atomic mass is 10.1. The standard InChI is InChI=1S/C25H33Cl2N3O5S/c1-5-22(25(32)28-6-2)29(17-18-9-11-19(26)12-10-18)24(31)8-7-15-30(36(4,33)34)20-13-14-23(35-3)21(27)16-20/h9-14,16,22H,5-8,15,17H2,1-4H3,(H,28,32)/t22-/m1/s1. The molecule has 2 aromatic rings. The van der Waals surface area contributed by atoms with Gasteiger partial charge in [0.1, 0.15) is 11.8 Å². The molecule has 2 aromatic carbocycles. The third kappa shape index (κ3) is 8.28. The predicted octanol–water partition coefficient (Wildman–Crippen LogP) is 4.49. The first-order valence-electron chi connectivity index (χ1n) is 11.6. The molecular formula is C25H33Cl2N3O5S. The Kier molecular flexibility index (Phi) is 11.3. The van der Waals surface area contributed by atoms with Gasteiger partial charge < -0.3 is 15.0 Å². The van der Waals surface area contributed by atoms with Crippen molar-refractivity contribution in [1.29, 1.82) is 0 Å². The van der Waals surface area contributed by atoms with Gasteiger partial charge in [-0.25, -0.2) is 8.42 Å². The Bertz CT molecular complexity index is 1140. The first-order chi connectivity index (χ1) is 17.0. The van der Waals surface area contributed by atoms with Crippen molar-refractivity contribution in [2.75, 3.05) is 30.8 Å². The lowest BCUT2D eigenvalue weighted by Crippen LogP contribution is -2.49. The number of anilines is 1. The molecule has 0 aromatic heterocycles. The molecular weight excluding hydrogens is 525 g/mol. The summed E-state index contributed by atoms with van der Waals surface area (Å²) in [5.74, 6) is -0.0462. The molecule has 0 fully saturated rings. The number of ether oxygens (including phenoxy) is 1. The zero-order valence-electron chi connectivity index (χ0n) is 21.0. The Labute approximate surface area is 223 Å². The summed E-state index contributed by atoms with van der Waals surface area (Å²) in [7, 11) is -2.16. The number of rotatable bonds is 13. The van der Waals surface area contributed by atoms with Crippen LogP contribution in [0, 0.1) is 0 Å². The van der Waals surface area contributed by atoms with Gasteiger partial charge in [-0.3, -0.25) is 13.9 Å². The van der Waals surface area contributed by atoms with Gasteiger partial charge in [-0.15, -0.1) is 0 Å². The number of halogens is 2. The van der Waals surface area contributed by atoms with Crippen molar-refractivity contribution in [2.24, 2.45) is 0 Å². The molecule has 1 N–H and O–H groups in total. The van der Waals surface area contributed by atoms with E-state index in [1.807, 2.05) is 26.0 Å². The summed E-state index contributed by atoms with van der Waals surface area (Å²) < 4.78 is 31.3. The molecule has 0 aliphatic rings. The van der Waals surface area contributed by atoms with Crippen LogP contribution in [-0.2, 0) is 26.2 Å². The lowest BCUT2D eigenvalue weighted by molar-refractivity contribution is -0.141. The Morgan fingerprint density at radius 1 is 1.08 bits per heavy atom. The summed E-state index contributed by atoms with van der Waals surface area (Å²) in [6, 6.07) is 11.1. The van der Waals surface area contributed by atoms with Crippen molar-refractivity contribution in [2.45, 2.75) is 45.7 Å². The van der Waals surface area contributed by atoms with E-state index in [2.05, 4.69) is 5.32 Å². The smallest absolute Gasteiger partial charge is 0.242 e. The van der Waals surface area contributed by atoms with Crippen LogP contribution >= 0.6 is 23.2 Å². The molecule has 198 valence electrons. The van der Waals surface area contributed by atoms with E-state index < -0.39 is 16.1 Å². The molecule has 0 spiro atoms. The quantitative estimate of drug-likeness (QED) is 0.391. The molecule has 2 amide bonds. The maximum absolute atomic E-state index is 13.3. The largest absolute Gasteiger partial charge is 0.495 e. The van der Waals surface area contributed by atoms with E-state index in [4.69, 9.17) is 27.9 Å². The third-order valence-corrected chi connectivity index (χ3v) is 7.32. The van der Waals surface area contributed by atoms with E-state index in [-0.39, 0.29) is 42.8 Å². The van der Waals surface area contributed by atoms with Crippen molar-refractivity contribution < 1.29 is 22.7 Å². The minimum atomic E-state index is -3.63. The number of benzene rings is 2. The number of nitrogens with zero attached hydrogens (tertiary/aromatic N) is 2. The van der Waals surface area contributed by atoms with E-state index in [0.29, 0.717) is 29.4 Å². The number of methoxy groups -OCH3 is 1. The summed E-state index contributed by atoms with van der Waals surface area (Å²) in [6.07, 6.45) is 1.84. The molecule has 0 heterocycles. The molecule has 0 aliphatic heterocycles. The fourth-order valence-corrected chi connectivity index (χ4v) is 5.15. The molecule has 0 unspecified atom stereocenters. The fourth-order valence-electron chi connectivity index (χ4n) is 3.81. The zero-order valence-corrected chi connectivity index (χ0v) is 23.3. The second-order valence-corrected chi connectivity index (χ2v) is 11.0. The average Bonchev–Trinajstić information content (AvgIpc) is 2.82. The van der Waals surface area contributed by atoms with Crippen molar-refractivity contribution in [3.63, 3.8) is 0 Å². The van der Waals surface area contributed by atoms with E-state index in [1.54, 1.807) is 29.2 Å². The first-order valence-corrected chi connectivity index (χ1v) is 14.2. The molecule has 0 aliphatic carbocycles. The third-order valence-electron chi connectivity index (χ3n) is 5.58. The average molecular weight is 559 g/mol. The summed E-state index contributed by atoms with van der Waals surface area (Å²) in [4.78, 5) is 27.6. The number of carbonyl (C=O) groups excluding carboxylic acids is 2. The molecule has 8 nitrogen and oxygen atoms in total. The van der Waals surface area contributed by atoms with Gasteiger partial charge in [0.15, 0.2) is 0 Å². The fraction of sp³-hybridized carbons (Fsp3) is 0.440. The van der Waals surface area contributed by atoms with Gasteiger partial charge in [-0.05, 0) is 55.7 Å². The highest BCUT2D eigenvalue weighted by molar-refractivity contribution is 7.92. The Hall–Kier alpha value is -2.49. The molecule has 36 heavy (non-hydrogen) atoms. The monoisotopic (exact) mass is 557 g/mol. The maximum atomic E-state index is 13.3. The van der Waals surface area contributed by atoms with E-state index in [1.165, 1.54) is 17.5 Å². The van der Waals surface area contributed by atoms with Crippen LogP contribution in [0.1, 0.15) is 38.7 Å². The van der Waals surface area contributed by atoms with Crippen LogP contribution in [-0.4, -0.2) is 57.6 Å². The lowest BCUT2D eigenvalue weighted by Gasteiger charge is -2.31. The van der Waals surface area contributed by atoms with Gasteiger partial charge in [0, 0.05) is 31.1 Å². The highest BCUT2D eigenvalue weighted by Gasteiger charge is 2.28. The molecule has 2 rings (SSSR count). The van der Waals surface area contributed by atoms with Crippen LogP contribution in [0.5, 0.6) is 5.75 Å². The van der Waals surface area contributed by atoms with Crippen molar-refractivity contribution in [3.8, 4) is 5.75 Å². The molecule has 0 saturated heterocycles. The van der Waals surface area contributed by atoms with Crippen molar-refractivity contribution in [1.82, 2.24) is 10.2 Å². The van der Waals surface area contributed by atoms with Gasteiger partial charge in [0.05, 0.1) is 24.1 Å². The summed E-state index contributed by atoms with van der Waals surface area (Å²) in [5.41, 5.74) is 1.21. The van der Waals surface area contributed by atoms with Crippen LogP contribution in [0.15, 0.2) is 42.5 Å². The van der Waals surface area contributed by atoms with Gasteiger partial charge >= 0.3 is 0 Å². The number of likely N-dealkylation sites (N-methyl/N-ethyl adjacent to an activating group) is 1. The first kappa shape index (κ1) is 29.7. The zero-order chi connectivity index (χ0) is 26.9. The minimum Gasteiger partial charge on any atom is -0.495 e. The summed E-state index contributed by atoms with van der Waals surface area (Å²) in [5, 5.41) is 3.65. The Morgan fingerprint density at radius 2 is 1.75 bits per heavy atom. The molecule has 0 radical (unpaired) electrons. The maximum Gasteiger partial charge on any atom is 0.242 e. The van der Waals surface area contributed by atoms with Crippen LogP contribution in [0.3, 0.4) is 0 Å². The number of hydrogen-bond donors (Lipinski definition) is 1. The SMILES string of the molecule is CCNC(=O)[C@@H](CC)N(Cc1ccc(Cl)cc1)C(=O)CCCN(c1ccc(OC)c(Cl)c1)S(C)(=O)=O. The van der Waals surface area contributed by atoms with Gasteiger partial charge in [-0.1, -0.05) is 42.3 Å². The van der Waals surface area contributed by atoms with Gasteiger partial charge in [0.2, 0.25) is 21.8 Å². The Morgan fingerprint density at radius 3 is 2.28 bits per heavy atom. The van der Waals surface area contributed by atoms with Gasteiger partial charge in [-0.2, -0.15) is 0 Å². The number of amides is 2.